The Bertz CT molecular complexity index is 1080. The highest BCUT2D eigenvalue weighted by molar-refractivity contribution is 8.10. The molecule has 0 saturated heterocycles. The predicted molar refractivity (Wildman–Crippen MR) is 109 cm³/mol. The first kappa shape index (κ1) is 20.1. The van der Waals surface area contributed by atoms with Crippen LogP contribution in [-0.4, -0.2) is 23.9 Å². The number of rotatable bonds is 7. The molecule has 0 amide bonds. The first-order valence-electron chi connectivity index (χ1n) is 8.52. The molecule has 8 heteroatoms. The van der Waals surface area contributed by atoms with Gasteiger partial charge in [0, 0.05) is 6.54 Å². The molecule has 0 aliphatic heterocycles. The fourth-order valence-corrected chi connectivity index (χ4v) is 6.60. The molecule has 0 fully saturated rings. The molecule has 3 aromatic carbocycles. The van der Waals surface area contributed by atoms with E-state index in [4.69, 9.17) is 0 Å². The largest absolute Gasteiger partial charge is 0.316 e. The summed E-state index contributed by atoms with van der Waals surface area (Å²) in [5, 5.41) is 2.95. The van der Waals surface area contributed by atoms with E-state index in [0.29, 0.717) is 15.8 Å². The fourth-order valence-electron chi connectivity index (χ4n) is 2.79. The van der Waals surface area contributed by atoms with Crippen molar-refractivity contribution in [2.75, 3.05) is 10.8 Å². The van der Waals surface area contributed by atoms with Crippen LogP contribution in [0.3, 0.4) is 0 Å². The number of para-hydroxylation sites is 1. The van der Waals surface area contributed by atoms with Crippen molar-refractivity contribution in [3.05, 3.63) is 90.5 Å². The number of hydrogen-bond acceptors (Lipinski definition) is 5. The maximum atomic E-state index is 13.4. The van der Waals surface area contributed by atoms with E-state index < -0.39 is 20.0 Å². The van der Waals surface area contributed by atoms with Gasteiger partial charge in [0.2, 0.25) is 0 Å². The van der Waals surface area contributed by atoms with Crippen LogP contribution in [0.5, 0.6) is 0 Å². The summed E-state index contributed by atoms with van der Waals surface area (Å²) in [4.78, 5) is -0.206. The number of nitrogens with zero attached hydrogens (tertiary/aromatic N) is 1. The maximum Gasteiger partial charge on any atom is 0.277 e. The SMILES string of the molecule is CNCc1ccccc1N(S(=O)(=O)c1ccccc1)S(=O)(=O)c1ccccc1. The van der Waals surface area contributed by atoms with Crippen molar-refractivity contribution in [3.8, 4) is 0 Å². The fraction of sp³-hybridized carbons (Fsp3) is 0.100. The topological polar surface area (TPSA) is 83.6 Å². The minimum Gasteiger partial charge on any atom is -0.316 e. The zero-order chi connectivity index (χ0) is 20.2. The monoisotopic (exact) mass is 416 g/mol. The molecule has 0 aromatic heterocycles. The van der Waals surface area contributed by atoms with Crippen molar-refractivity contribution in [2.45, 2.75) is 16.3 Å². The van der Waals surface area contributed by atoms with Gasteiger partial charge in [-0.2, -0.15) is 3.71 Å². The van der Waals surface area contributed by atoms with Crippen molar-refractivity contribution in [1.29, 1.82) is 0 Å². The lowest BCUT2D eigenvalue weighted by Crippen LogP contribution is -2.38. The van der Waals surface area contributed by atoms with Crippen molar-refractivity contribution in [1.82, 2.24) is 5.32 Å². The summed E-state index contributed by atoms with van der Waals surface area (Å²) >= 11 is 0. The summed E-state index contributed by atoms with van der Waals surface area (Å²) in [5.74, 6) is 0. The van der Waals surface area contributed by atoms with Crippen molar-refractivity contribution in [3.63, 3.8) is 0 Å². The third kappa shape index (κ3) is 3.80. The summed E-state index contributed by atoms with van der Waals surface area (Å²) in [5.41, 5.74) is 0.633. The second kappa shape index (κ2) is 8.14. The van der Waals surface area contributed by atoms with Gasteiger partial charge in [-0.25, -0.2) is 16.8 Å². The molecule has 3 rings (SSSR count). The maximum absolute atomic E-state index is 13.4. The minimum atomic E-state index is -4.38. The van der Waals surface area contributed by atoms with Crippen LogP contribution in [0.4, 0.5) is 5.69 Å². The second-order valence-corrected chi connectivity index (χ2v) is 9.80. The Morgan fingerprint density at radius 2 is 1.11 bits per heavy atom. The van der Waals surface area contributed by atoms with E-state index in [9.17, 15) is 16.8 Å². The van der Waals surface area contributed by atoms with Crippen LogP contribution in [-0.2, 0) is 26.6 Å². The zero-order valence-electron chi connectivity index (χ0n) is 15.2. The van der Waals surface area contributed by atoms with Gasteiger partial charge in [0.1, 0.15) is 0 Å². The highest BCUT2D eigenvalue weighted by Crippen LogP contribution is 2.33. The summed E-state index contributed by atoms with van der Waals surface area (Å²) < 4.78 is 54.3. The average molecular weight is 417 g/mol. The van der Waals surface area contributed by atoms with Gasteiger partial charge in [-0.1, -0.05) is 54.6 Å². The van der Waals surface area contributed by atoms with Gasteiger partial charge in [0.25, 0.3) is 20.0 Å². The highest BCUT2D eigenvalue weighted by Gasteiger charge is 2.37. The quantitative estimate of drug-likeness (QED) is 0.640. The van der Waals surface area contributed by atoms with E-state index in [0.717, 1.165) is 0 Å². The lowest BCUT2D eigenvalue weighted by atomic mass is 10.2. The number of sulfonamides is 2. The number of anilines is 1. The van der Waals surface area contributed by atoms with Gasteiger partial charge in [0.05, 0.1) is 15.5 Å². The van der Waals surface area contributed by atoms with Crippen LogP contribution in [0.25, 0.3) is 0 Å². The molecule has 0 spiro atoms. The van der Waals surface area contributed by atoms with E-state index in [1.165, 1.54) is 30.3 Å². The van der Waals surface area contributed by atoms with E-state index >= 15 is 0 Å². The summed E-state index contributed by atoms with van der Waals surface area (Å²) in [7, 11) is -7.06. The molecular weight excluding hydrogens is 396 g/mol. The van der Waals surface area contributed by atoms with E-state index in [-0.39, 0.29) is 15.5 Å². The van der Waals surface area contributed by atoms with Crippen LogP contribution >= 0.6 is 0 Å². The average Bonchev–Trinajstić information content (AvgIpc) is 2.71. The van der Waals surface area contributed by atoms with E-state index in [1.54, 1.807) is 61.6 Å². The predicted octanol–water partition coefficient (Wildman–Crippen LogP) is 2.99. The Morgan fingerprint density at radius 3 is 1.57 bits per heavy atom. The molecule has 0 saturated carbocycles. The van der Waals surface area contributed by atoms with E-state index in [2.05, 4.69) is 5.32 Å². The second-order valence-electron chi connectivity index (χ2n) is 5.99. The number of benzene rings is 3. The van der Waals surface area contributed by atoms with Gasteiger partial charge in [-0.3, -0.25) is 0 Å². The van der Waals surface area contributed by atoms with Crippen molar-refractivity contribution in [2.24, 2.45) is 0 Å². The summed E-state index contributed by atoms with van der Waals surface area (Å²) in [6.45, 7) is 0.307. The van der Waals surface area contributed by atoms with Crippen LogP contribution < -0.4 is 9.03 Å². The summed E-state index contributed by atoms with van der Waals surface area (Å²) in [6.07, 6.45) is 0. The highest BCUT2D eigenvalue weighted by atomic mass is 32.3. The van der Waals surface area contributed by atoms with Gasteiger partial charge >= 0.3 is 0 Å². The van der Waals surface area contributed by atoms with Crippen LogP contribution in [0.2, 0.25) is 0 Å². The van der Waals surface area contributed by atoms with Gasteiger partial charge in [-0.15, -0.1) is 0 Å². The lowest BCUT2D eigenvalue weighted by molar-refractivity contribution is 0.584. The standard InChI is InChI=1S/C20H20N2O4S2/c1-21-16-17-10-8-9-15-20(17)22(27(23,24)18-11-4-2-5-12-18)28(25,26)19-13-6-3-7-14-19/h2-15,21H,16H2,1H3. The molecule has 0 bridgehead atoms. The normalized spacial score (nSPS) is 11.9. The molecule has 1 N–H and O–H groups in total. The Morgan fingerprint density at radius 1 is 0.679 bits per heavy atom. The molecule has 0 radical (unpaired) electrons. The first-order chi connectivity index (χ1) is 13.4. The molecule has 28 heavy (non-hydrogen) atoms. The number of nitrogens with one attached hydrogen (secondary N) is 1. The zero-order valence-corrected chi connectivity index (χ0v) is 16.8. The van der Waals surface area contributed by atoms with Crippen LogP contribution in [0, 0.1) is 0 Å². The van der Waals surface area contributed by atoms with E-state index in [1.807, 2.05) is 0 Å². The molecule has 0 aliphatic carbocycles. The van der Waals surface area contributed by atoms with Gasteiger partial charge < -0.3 is 5.32 Å². The molecular formula is C20H20N2O4S2. The van der Waals surface area contributed by atoms with Crippen molar-refractivity contribution >= 4 is 25.7 Å². The third-order valence-corrected chi connectivity index (χ3v) is 8.25. The molecule has 6 nitrogen and oxygen atoms in total. The van der Waals surface area contributed by atoms with Gasteiger partial charge in [-0.05, 0) is 42.9 Å². The molecule has 0 aliphatic rings. The van der Waals surface area contributed by atoms with Crippen LogP contribution in [0.1, 0.15) is 5.56 Å². The molecule has 0 heterocycles. The third-order valence-electron chi connectivity index (χ3n) is 4.07. The molecule has 0 atom stereocenters. The van der Waals surface area contributed by atoms with Crippen LogP contribution in [0.15, 0.2) is 94.7 Å². The Labute approximate surface area is 165 Å². The summed E-state index contributed by atoms with van der Waals surface area (Å²) in [6, 6.07) is 21.6. The first-order valence-corrected chi connectivity index (χ1v) is 11.4. The molecule has 0 unspecified atom stereocenters. The van der Waals surface area contributed by atoms with Gasteiger partial charge in [0.15, 0.2) is 0 Å². The van der Waals surface area contributed by atoms with Crippen molar-refractivity contribution < 1.29 is 16.8 Å². The molecule has 3 aromatic rings. The molecule has 146 valence electrons. The Kier molecular flexibility index (Phi) is 5.83. The smallest absolute Gasteiger partial charge is 0.277 e. The Hall–Kier alpha value is -2.68. The Balaban J connectivity index is 2.31. The minimum absolute atomic E-state index is 0.0876. The number of hydrogen-bond donors (Lipinski definition) is 1. The lowest BCUT2D eigenvalue weighted by Gasteiger charge is -2.26.